The molecule has 0 saturated carbocycles. The first kappa shape index (κ1) is 20.4. The first-order valence-corrected chi connectivity index (χ1v) is 11.3. The highest BCUT2D eigenvalue weighted by molar-refractivity contribution is 7.89. The minimum absolute atomic E-state index is 0.162. The van der Waals surface area contributed by atoms with Crippen LogP contribution in [0.25, 0.3) is 21.3 Å². The van der Waals surface area contributed by atoms with Crippen molar-refractivity contribution in [1.82, 2.24) is 13.9 Å². The molecule has 2 aromatic heterocycles. The standard InChI is InChI=1S/C21H18FN3O3S2/c1-24(2)30(27,28)17-5-3-4-14(10-17)11-25-13-23-20-19(21(25)26)18(12-29-20)15-6-8-16(22)9-7-15/h3-10,12-13H,11H2,1-2H3. The second-order valence-electron chi connectivity index (χ2n) is 6.95. The lowest BCUT2D eigenvalue weighted by Crippen LogP contribution is -2.23. The average Bonchev–Trinajstić information content (AvgIpc) is 3.16. The lowest BCUT2D eigenvalue weighted by molar-refractivity contribution is 0.520. The first-order valence-electron chi connectivity index (χ1n) is 9.01. The van der Waals surface area contributed by atoms with E-state index in [4.69, 9.17) is 0 Å². The zero-order valence-corrected chi connectivity index (χ0v) is 17.9. The highest BCUT2D eigenvalue weighted by Crippen LogP contribution is 2.30. The van der Waals surface area contributed by atoms with E-state index in [0.717, 1.165) is 9.87 Å². The Morgan fingerprint density at radius 1 is 1.13 bits per heavy atom. The fraction of sp³-hybridized carbons (Fsp3) is 0.143. The molecule has 2 aromatic carbocycles. The van der Waals surface area contributed by atoms with Gasteiger partial charge < -0.3 is 0 Å². The second-order valence-corrected chi connectivity index (χ2v) is 9.96. The maximum absolute atomic E-state index is 13.3. The quantitative estimate of drug-likeness (QED) is 0.473. The summed E-state index contributed by atoms with van der Waals surface area (Å²) in [6.07, 6.45) is 1.46. The minimum atomic E-state index is -3.57. The van der Waals surface area contributed by atoms with Crippen LogP contribution in [-0.2, 0) is 16.6 Å². The fourth-order valence-corrected chi connectivity index (χ4v) is 5.01. The average molecular weight is 444 g/mol. The Hall–Kier alpha value is -2.88. The molecule has 154 valence electrons. The number of hydrogen-bond acceptors (Lipinski definition) is 5. The van der Waals surface area contributed by atoms with Crippen molar-refractivity contribution in [2.75, 3.05) is 14.1 Å². The van der Waals surface area contributed by atoms with E-state index >= 15 is 0 Å². The molecule has 4 aromatic rings. The van der Waals surface area contributed by atoms with Gasteiger partial charge in [-0.15, -0.1) is 11.3 Å². The number of rotatable bonds is 5. The van der Waals surface area contributed by atoms with Gasteiger partial charge in [0.2, 0.25) is 10.0 Å². The summed E-state index contributed by atoms with van der Waals surface area (Å²) in [4.78, 5) is 18.3. The molecule has 0 aliphatic rings. The van der Waals surface area contributed by atoms with Crippen LogP contribution in [0.3, 0.4) is 0 Å². The van der Waals surface area contributed by atoms with Crippen LogP contribution in [0, 0.1) is 5.82 Å². The first-order chi connectivity index (χ1) is 14.3. The Bertz CT molecular complexity index is 1390. The summed E-state index contributed by atoms with van der Waals surface area (Å²) in [6.45, 7) is 0.178. The van der Waals surface area contributed by atoms with Crippen LogP contribution in [0.5, 0.6) is 0 Å². The van der Waals surface area contributed by atoms with Crippen LogP contribution in [0.2, 0.25) is 0 Å². The number of thiophene rings is 1. The van der Waals surface area contributed by atoms with Crippen LogP contribution in [0.1, 0.15) is 5.56 Å². The number of benzene rings is 2. The smallest absolute Gasteiger partial charge is 0.263 e. The summed E-state index contributed by atoms with van der Waals surface area (Å²) < 4.78 is 40.6. The Morgan fingerprint density at radius 2 is 1.87 bits per heavy atom. The number of hydrogen-bond donors (Lipinski definition) is 0. The zero-order chi connectivity index (χ0) is 21.5. The molecule has 0 aliphatic carbocycles. The molecule has 0 unspecified atom stereocenters. The Balaban J connectivity index is 1.76. The van der Waals surface area contributed by atoms with E-state index in [1.54, 1.807) is 30.3 Å². The molecular weight excluding hydrogens is 425 g/mol. The predicted octanol–water partition coefficient (Wildman–Crippen LogP) is 3.56. The molecule has 30 heavy (non-hydrogen) atoms. The molecular formula is C21H18FN3O3S2. The highest BCUT2D eigenvalue weighted by Gasteiger charge is 2.18. The van der Waals surface area contributed by atoms with Gasteiger partial charge in [0.1, 0.15) is 10.6 Å². The van der Waals surface area contributed by atoms with Gasteiger partial charge in [-0.1, -0.05) is 24.3 Å². The van der Waals surface area contributed by atoms with Crippen LogP contribution < -0.4 is 5.56 Å². The summed E-state index contributed by atoms with van der Waals surface area (Å²) >= 11 is 1.35. The lowest BCUT2D eigenvalue weighted by Gasteiger charge is -2.13. The van der Waals surface area contributed by atoms with E-state index in [1.165, 1.54) is 54.5 Å². The number of nitrogens with zero attached hydrogens (tertiary/aromatic N) is 3. The minimum Gasteiger partial charge on any atom is -0.294 e. The van der Waals surface area contributed by atoms with Gasteiger partial charge in [-0.05, 0) is 35.4 Å². The van der Waals surface area contributed by atoms with Gasteiger partial charge in [0, 0.05) is 25.0 Å². The van der Waals surface area contributed by atoms with E-state index < -0.39 is 10.0 Å². The molecule has 0 bridgehead atoms. The molecule has 0 fully saturated rings. The van der Waals surface area contributed by atoms with Gasteiger partial charge in [0.05, 0.1) is 23.2 Å². The van der Waals surface area contributed by atoms with Crippen LogP contribution >= 0.6 is 11.3 Å². The summed E-state index contributed by atoms with van der Waals surface area (Å²) in [5.74, 6) is -0.346. The maximum atomic E-state index is 13.3. The Kier molecular flexibility index (Phi) is 5.27. The molecule has 0 atom stereocenters. The van der Waals surface area contributed by atoms with E-state index in [-0.39, 0.29) is 22.8 Å². The Morgan fingerprint density at radius 3 is 2.57 bits per heavy atom. The summed E-state index contributed by atoms with van der Waals surface area (Å²) in [5, 5.41) is 2.30. The Labute approximate surface area is 176 Å². The molecule has 0 spiro atoms. The predicted molar refractivity (Wildman–Crippen MR) is 116 cm³/mol. The molecule has 0 radical (unpaired) electrons. The largest absolute Gasteiger partial charge is 0.294 e. The zero-order valence-electron chi connectivity index (χ0n) is 16.2. The maximum Gasteiger partial charge on any atom is 0.263 e. The fourth-order valence-electron chi connectivity index (χ4n) is 3.13. The van der Waals surface area contributed by atoms with Crippen molar-refractivity contribution in [1.29, 1.82) is 0 Å². The van der Waals surface area contributed by atoms with Gasteiger partial charge in [0.25, 0.3) is 5.56 Å². The number of fused-ring (bicyclic) bond motifs is 1. The molecule has 0 aliphatic heterocycles. The molecule has 0 N–H and O–H groups in total. The van der Waals surface area contributed by atoms with Crippen LogP contribution in [-0.4, -0.2) is 36.4 Å². The van der Waals surface area contributed by atoms with Crippen molar-refractivity contribution in [2.24, 2.45) is 0 Å². The monoisotopic (exact) mass is 443 g/mol. The van der Waals surface area contributed by atoms with Crippen molar-refractivity contribution in [3.63, 3.8) is 0 Å². The van der Waals surface area contributed by atoms with E-state index in [1.807, 2.05) is 5.38 Å². The van der Waals surface area contributed by atoms with Crippen molar-refractivity contribution in [3.8, 4) is 11.1 Å². The summed E-state index contributed by atoms with van der Waals surface area (Å²) in [6, 6.07) is 12.5. The van der Waals surface area contributed by atoms with Crippen molar-refractivity contribution in [2.45, 2.75) is 11.4 Å². The molecule has 4 rings (SSSR count). The molecule has 9 heteroatoms. The normalized spacial score (nSPS) is 12.0. The van der Waals surface area contributed by atoms with Crippen molar-refractivity contribution in [3.05, 3.63) is 82.0 Å². The molecule has 6 nitrogen and oxygen atoms in total. The number of halogens is 1. The van der Waals surface area contributed by atoms with Gasteiger partial charge in [-0.2, -0.15) is 0 Å². The van der Waals surface area contributed by atoms with Gasteiger partial charge >= 0.3 is 0 Å². The molecule has 2 heterocycles. The third-order valence-corrected chi connectivity index (χ3v) is 7.44. The van der Waals surface area contributed by atoms with Gasteiger partial charge in [-0.25, -0.2) is 22.1 Å². The van der Waals surface area contributed by atoms with Crippen LogP contribution in [0.4, 0.5) is 4.39 Å². The number of sulfonamides is 1. The topological polar surface area (TPSA) is 72.3 Å². The summed E-state index contributed by atoms with van der Waals surface area (Å²) in [7, 11) is -0.632. The lowest BCUT2D eigenvalue weighted by atomic mass is 10.1. The SMILES string of the molecule is CN(C)S(=O)(=O)c1cccc(Cn2cnc3scc(-c4ccc(F)cc4)c3c2=O)c1. The van der Waals surface area contributed by atoms with Crippen LogP contribution in [0.15, 0.2) is 69.9 Å². The van der Waals surface area contributed by atoms with Crippen molar-refractivity contribution >= 4 is 31.6 Å². The third-order valence-electron chi connectivity index (χ3n) is 4.75. The molecule has 0 amide bonds. The van der Waals surface area contributed by atoms with Gasteiger partial charge in [-0.3, -0.25) is 9.36 Å². The van der Waals surface area contributed by atoms with E-state index in [2.05, 4.69) is 4.98 Å². The molecule has 0 saturated heterocycles. The summed E-state index contributed by atoms with van der Waals surface area (Å²) in [5.41, 5.74) is 1.87. The number of aromatic nitrogens is 2. The third kappa shape index (κ3) is 3.67. The van der Waals surface area contributed by atoms with Gasteiger partial charge in [0.15, 0.2) is 0 Å². The van der Waals surface area contributed by atoms with E-state index in [9.17, 15) is 17.6 Å². The second kappa shape index (κ2) is 7.75. The van der Waals surface area contributed by atoms with E-state index in [0.29, 0.717) is 21.3 Å². The van der Waals surface area contributed by atoms with Crippen molar-refractivity contribution < 1.29 is 12.8 Å². The highest BCUT2D eigenvalue weighted by atomic mass is 32.2.